The fraction of sp³-hybridized carbons (Fsp3) is 0.400. The molecule has 7 aliphatic rings. The number of rotatable bonds is 1. The molecule has 2 bridgehead atoms. The summed E-state index contributed by atoms with van der Waals surface area (Å²) in [5.41, 5.74) is 0.568. The summed E-state index contributed by atoms with van der Waals surface area (Å²) >= 11 is 0. The van der Waals surface area contributed by atoms with Crippen molar-refractivity contribution in [1.82, 2.24) is 13.9 Å². The van der Waals surface area contributed by atoms with Crippen LogP contribution < -0.4 is 11.4 Å². The van der Waals surface area contributed by atoms with Crippen LogP contribution in [-0.4, -0.2) is 13.9 Å². The topological polar surface area (TPSA) is 48.9 Å². The normalized spacial score (nSPS) is 49.9. The van der Waals surface area contributed by atoms with Crippen molar-refractivity contribution < 1.29 is 0 Å². The number of hydrogen-bond donors (Lipinski definition) is 0. The minimum Gasteiger partial charge on any atom is -0.245 e. The Morgan fingerprint density at radius 1 is 0.760 bits per heavy atom. The van der Waals surface area contributed by atoms with Crippen LogP contribution in [0.2, 0.25) is 0 Å². The lowest BCUT2D eigenvalue weighted by Crippen LogP contribution is -2.52. The van der Waals surface area contributed by atoms with Crippen molar-refractivity contribution in [2.45, 2.75) is 12.1 Å². The molecule has 2 spiro atoms. The number of para-hydroxylation sites is 1. The van der Waals surface area contributed by atoms with Gasteiger partial charge in [0, 0.05) is 10.8 Å². The van der Waals surface area contributed by atoms with E-state index in [-0.39, 0.29) is 34.3 Å². The zero-order valence-electron chi connectivity index (χ0n) is 13.3. The standard InChI is InChI=1S/C20H15N3O2/c24-17-21(10-6-2-1-3-7-10)18(25)23-16-13-11-12(13)15(22(17)23)19-8-4-5-9-20(16,19)14(11)19/h1-9,11-16H/t11?,12-,13-,14?,15-,16-,19-,20-/m0/s1. The highest BCUT2D eigenvalue weighted by Gasteiger charge is 3.02. The van der Waals surface area contributed by atoms with Gasteiger partial charge >= 0.3 is 11.4 Å². The first-order valence-corrected chi connectivity index (χ1v) is 9.14. The Morgan fingerprint density at radius 3 is 1.88 bits per heavy atom. The quantitative estimate of drug-likeness (QED) is 0.796. The monoisotopic (exact) mass is 329 g/mol. The third-order valence-corrected chi connectivity index (χ3v) is 8.38. The van der Waals surface area contributed by atoms with Crippen LogP contribution in [0.3, 0.4) is 0 Å². The zero-order chi connectivity index (χ0) is 16.3. The van der Waals surface area contributed by atoms with Gasteiger partial charge in [-0.05, 0) is 35.8 Å². The molecule has 3 heterocycles. The van der Waals surface area contributed by atoms with Gasteiger partial charge in [0.1, 0.15) is 0 Å². The van der Waals surface area contributed by atoms with Crippen molar-refractivity contribution in [2.24, 2.45) is 34.5 Å². The van der Waals surface area contributed by atoms with E-state index in [0.29, 0.717) is 23.4 Å². The average molecular weight is 329 g/mol. The highest BCUT2D eigenvalue weighted by atomic mass is 16.2. The van der Waals surface area contributed by atoms with Crippen LogP contribution in [0, 0.1) is 34.5 Å². The van der Waals surface area contributed by atoms with E-state index in [1.54, 1.807) is 0 Å². The molecule has 4 fully saturated rings. The van der Waals surface area contributed by atoms with Crippen molar-refractivity contribution in [2.75, 3.05) is 0 Å². The molecule has 1 aromatic carbocycles. The van der Waals surface area contributed by atoms with Gasteiger partial charge in [-0.25, -0.2) is 23.5 Å². The maximum absolute atomic E-state index is 13.3. The SMILES string of the molecule is O=c1n(-c2ccccc2)c(=O)n2n1[C@H]1[C@H]3C4C5[C@@]16C=CC=C[C@@]56[C@@H]2[C@@H]43. The van der Waals surface area contributed by atoms with E-state index in [0.717, 1.165) is 5.92 Å². The molecule has 5 heteroatoms. The number of aromatic nitrogens is 3. The molecule has 2 aromatic rings. The number of benzene rings is 1. The summed E-state index contributed by atoms with van der Waals surface area (Å²) in [6, 6.07) is 9.67. The van der Waals surface area contributed by atoms with Gasteiger partial charge in [0.05, 0.1) is 17.8 Å². The van der Waals surface area contributed by atoms with Crippen molar-refractivity contribution >= 4 is 0 Å². The second kappa shape index (κ2) is 3.02. The number of hydrogen-bond acceptors (Lipinski definition) is 2. The molecule has 2 aliphatic heterocycles. The molecule has 0 N–H and O–H groups in total. The molecule has 25 heavy (non-hydrogen) atoms. The first-order valence-electron chi connectivity index (χ1n) is 9.14. The molecule has 0 radical (unpaired) electrons. The Bertz CT molecular complexity index is 1130. The van der Waals surface area contributed by atoms with Crippen molar-refractivity contribution in [1.29, 1.82) is 0 Å². The fourth-order valence-electron chi connectivity index (χ4n) is 8.05. The summed E-state index contributed by atoms with van der Waals surface area (Å²) in [6.07, 6.45) is 9.02. The minimum atomic E-state index is -0.159. The highest BCUT2D eigenvalue weighted by molar-refractivity contribution is 5.57. The van der Waals surface area contributed by atoms with Gasteiger partial charge in [-0.2, -0.15) is 0 Å². The lowest BCUT2D eigenvalue weighted by Gasteiger charge is -2.47. The molecule has 6 atom stereocenters. The van der Waals surface area contributed by atoms with E-state index in [1.165, 1.54) is 4.57 Å². The molecule has 4 saturated carbocycles. The van der Waals surface area contributed by atoms with Gasteiger partial charge in [0.15, 0.2) is 0 Å². The zero-order valence-corrected chi connectivity index (χ0v) is 13.3. The van der Waals surface area contributed by atoms with Crippen LogP contribution in [0.15, 0.2) is 64.2 Å². The Kier molecular flexibility index (Phi) is 1.44. The van der Waals surface area contributed by atoms with Gasteiger partial charge in [-0.1, -0.05) is 42.5 Å². The van der Waals surface area contributed by atoms with Crippen LogP contribution in [-0.2, 0) is 0 Å². The second-order valence-electron chi connectivity index (χ2n) is 8.61. The first-order chi connectivity index (χ1) is 12.2. The summed E-state index contributed by atoms with van der Waals surface area (Å²) in [4.78, 5) is 26.6. The maximum Gasteiger partial charge on any atom is 0.352 e. The average Bonchev–Trinajstić information content (AvgIpc) is 3.41. The van der Waals surface area contributed by atoms with E-state index in [2.05, 4.69) is 24.3 Å². The smallest absolute Gasteiger partial charge is 0.245 e. The molecule has 0 saturated heterocycles. The van der Waals surface area contributed by atoms with E-state index >= 15 is 0 Å². The van der Waals surface area contributed by atoms with E-state index in [1.807, 2.05) is 39.7 Å². The van der Waals surface area contributed by atoms with Gasteiger partial charge in [-0.3, -0.25) is 0 Å². The Hall–Kier alpha value is -2.56. The van der Waals surface area contributed by atoms with Crippen LogP contribution in [0.5, 0.6) is 0 Å². The second-order valence-corrected chi connectivity index (χ2v) is 8.61. The Morgan fingerprint density at radius 2 is 1.32 bits per heavy atom. The van der Waals surface area contributed by atoms with Gasteiger partial charge < -0.3 is 0 Å². The third-order valence-electron chi connectivity index (χ3n) is 8.38. The molecular weight excluding hydrogens is 314 g/mol. The largest absolute Gasteiger partial charge is 0.352 e. The number of allylic oxidation sites excluding steroid dienone is 4. The summed E-state index contributed by atoms with van der Waals surface area (Å²) in [7, 11) is 0. The molecule has 0 unspecified atom stereocenters. The summed E-state index contributed by atoms with van der Waals surface area (Å²) in [5, 5.41) is 0. The molecular formula is C20H15N3O2. The lowest BCUT2D eigenvalue weighted by molar-refractivity contribution is 0.0445. The van der Waals surface area contributed by atoms with E-state index in [4.69, 9.17) is 0 Å². The minimum absolute atomic E-state index is 0.107. The highest BCUT2D eigenvalue weighted by Crippen LogP contribution is 3.03. The van der Waals surface area contributed by atoms with Gasteiger partial charge in [-0.15, -0.1) is 0 Å². The molecule has 9 rings (SSSR count). The first kappa shape index (κ1) is 11.9. The molecule has 5 nitrogen and oxygen atoms in total. The van der Waals surface area contributed by atoms with Crippen molar-refractivity contribution in [3.8, 4) is 5.69 Å². The summed E-state index contributed by atoms with van der Waals surface area (Å²) in [5.74, 6) is 2.59. The van der Waals surface area contributed by atoms with Crippen molar-refractivity contribution in [3.05, 3.63) is 75.6 Å². The summed E-state index contributed by atoms with van der Waals surface area (Å²) < 4.78 is 5.06. The third kappa shape index (κ3) is 0.819. The maximum atomic E-state index is 13.3. The molecule has 0 amide bonds. The predicted molar refractivity (Wildman–Crippen MR) is 89.5 cm³/mol. The summed E-state index contributed by atoms with van der Waals surface area (Å²) in [6.45, 7) is 0. The van der Waals surface area contributed by atoms with Crippen LogP contribution >= 0.6 is 0 Å². The fourth-order valence-corrected chi connectivity index (χ4v) is 8.05. The van der Waals surface area contributed by atoms with E-state index in [9.17, 15) is 9.59 Å². The molecule has 1 aromatic heterocycles. The number of nitrogens with zero attached hydrogens (tertiary/aromatic N) is 3. The van der Waals surface area contributed by atoms with Crippen LogP contribution in [0.1, 0.15) is 12.1 Å². The predicted octanol–water partition coefficient (Wildman–Crippen LogP) is 1.51. The molecule has 122 valence electrons. The molecule has 5 aliphatic carbocycles. The van der Waals surface area contributed by atoms with Crippen LogP contribution in [0.25, 0.3) is 5.69 Å². The lowest BCUT2D eigenvalue weighted by atomic mass is 9.69. The Balaban J connectivity index is 1.50. The van der Waals surface area contributed by atoms with Crippen LogP contribution in [0.4, 0.5) is 0 Å². The van der Waals surface area contributed by atoms with Gasteiger partial charge in [0.2, 0.25) is 0 Å². The van der Waals surface area contributed by atoms with Crippen molar-refractivity contribution in [3.63, 3.8) is 0 Å². The van der Waals surface area contributed by atoms with E-state index < -0.39 is 0 Å². The van der Waals surface area contributed by atoms with Gasteiger partial charge in [0.25, 0.3) is 0 Å². The Labute approximate surface area is 142 Å².